The number of imidazole rings is 2. The summed E-state index contributed by atoms with van der Waals surface area (Å²) in [6.07, 6.45) is 3.36. The van der Waals surface area contributed by atoms with E-state index in [1.807, 2.05) is 6.92 Å². The van der Waals surface area contributed by atoms with Gasteiger partial charge in [-0.3, -0.25) is 9.13 Å². The van der Waals surface area contributed by atoms with Crippen molar-refractivity contribution in [1.82, 2.24) is 19.1 Å². The molecule has 0 radical (unpaired) electrons. The molecule has 0 aliphatic heterocycles. The van der Waals surface area contributed by atoms with Crippen molar-refractivity contribution in [1.29, 1.82) is 0 Å². The molecule has 0 amide bonds. The van der Waals surface area contributed by atoms with E-state index in [1.54, 1.807) is 13.8 Å². The number of rotatable bonds is 9. The van der Waals surface area contributed by atoms with E-state index in [0.29, 0.717) is 29.9 Å². The Hall–Kier alpha value is -4.04. The molecule has 2 heterocycles. The molecule has 0 bridgehead atoms. The zero-order valence-electron chi connectivity index (χ0n) is 24.6. The SMILES string of the molecule is C.C.C=C(C)Cc1ncn(-c2ccc(F)c(F)c2)c1C(=O)O.C=C(C)Cc1ncn(-c2ccc(F)c(F)c2)c1C(=O)OCC.[Na+].[OH-]. The van der Waals surface area contributed by atoms with E-state index in [4.69, 9.17) is 4.74 Å². The first kappa shape index (κ1) is 44.1. The molecule has 0 saturated heterocycles. The molecule has 0 aliphatic rings. The van der Waals surface area contributed by atoms with Gasteiger partial charge in [0.25, 0.3) is 0 Å². The molecule has 46 heavy (non-hydrogen) atoms. The van der Waals surface area contributed by atoms with Gasteiger partial charge in [0, 0.05) is 25.0 Å². The number of halogens is 4. The molecule has 4 rings (SSSR count). The standard InChI is InChI=1S/C16H16F2N2O2.C14H12F2N2O2.2CH4.Na.H2O/c1-4-22-16(21)15-14(7-10(2)3)19-9-20(15)11-5-6-12(17)13(18)8-11;1-8(2)5-12-13(14(19)20)18(7-17-12)9-3-4-10(15)11(16)6-9;;;;/h5-6,8-9H,2,4,7H2,1,3H3;3-4,6-7H,1,5H2,2H3,(H,19,20);2*1H4;;1H2/q;;;;+1;/p-1. The van der Waals surface area contributed by atoms with Crippen LogP contribution in [0, 0.1) is 23.3 Å². The Morgan fingerprint density at radius 1 is 0.783 bits per heavy atom. The van der Waals surface area contributed by atoms with Gasteiger partial charge in [-0.2, -0.15) is 0 Å². The number of carboxylic acid groups (broad SMARTS) is 1. The van der Waals surface area contributed by atoms with Crippen LogP contribution in [0.5, 0.6) is 0 Å². The molecule has 9 nitrogen and oxygen atoms in total. The number of aromatic carboxylic acids is 1. The van der Waals surface area contributed by atoms with Gasteiger partial charge in [0.2, 0.25) is 0 Å². The van der Waals surface area contributed by atoms with E-state index in [2.05, 4.69) is 23.1 Å². The average Bonchev–Trinajstić information content (AvgIpc) is 3.51. The Balaban J connectivity index is 0. The fraction of sp³-hybridized carbons (Fsp3) is 0.250. The van der Waals surface area contributed by atoms with Gasteiger partial charge in [-0.05, 0) is 45.0 Å². The van der Waals surface area contributed by atoms with Gasteiger partial charge in [0.1, 0.15) is 12.7 Å². The van der Waals surface area contributed by atoms with Crippen molar-refractivity contribution < 1.29 is 72.0 Å². The van der Waals surface area contributed by atoms with Gasteiger partial charge >= 0.3 is 41.5 Å². The smallest absolute Gasteiger partial charge is 0.870 e. The van der Waals surface area contributed by atoms with Crippen molar-refractivity contribution in [2.75, 3.05) is 6.61 Å². The van der Waals surface area contributed by atoms with Crippen LogP contribution in [0.2, 0.25) is 0 Å². The topological polar surface area (TPSA) is 129 Å². The number of hydrogen-bond acceptors (Lipinski definition) is 6. The van der Waals surface area contributed by atoms with Gasteiger partial charge in [-0.15, -0.1) is 0 Å². The van der Waals surface area contributed by atoms with Crippen LogP contribution in [0.3, 0.4) is 0 Å². The van der Waals surface area contributed by atoms with Gasteiger partial charge in [0.15, 0.2) is 34.7 Å². The number of carbonyl (C=O) groups is 2. The Morgan fingerprint density at radius 3 is 1.52 bits per heavy atom. The second-order valence-corrected chi connectivity index (χ2v) is 9.31. The minimum atomic E-state index is -1.19. The number of aromatic nitrogens is 4. The summed E-state index contributed by atoms with van der Waals surface area (Å²) in [5.41, 5.74) is 2.98. The van der Waals surface area contributed by atoms with Gasteiger partial charge in [-0.1, -0.05) is 39.2 Å². The summed E-state index contributed by atoms with van der Waals surface area (Å²) in [7, 11) is 0. The Bertz CT molecular complexity index is 1670. The fourth-order valence-electron chi connectivity index (χ4n) is 3.90. The third-order valence-electron chi connectivity index (χ3n) is 5.66. The van der Waals surface area contributed by atoms with Crippen molar-refractivity contribution >= 4 is 11.9 Å². The van der Waals surface area contributed by atoms with Crippen LogP contribution < -0.4 is 29.6 Å². The Morgan fingerprint density at radius 2 is 1.17 bits per heavy atom. The second-order valence-electron chi connectivity index (χ2n) is 9.31. The van der Waals surface area contributed by atoms with Gasteiger partial charge < -0.3 is 15.3 Å². The number of nitrogens with zero attached hydrogens (tertiary/aromatic N) is 4. The van der Waals surface area contributed by atoms with Crippen LogP contribution >= 0.6 is 0 Å². The molecule has 2 N–H and O–H groups in total. The predicted octanol–water partition coefficient (Wildman–Crippen LogP) is 4.51. The number of hydrogen-bond donors (Lipinski definition) is 1. The molecule has 2 aromatic carbocycles. The molecule has 0 unspecified atom stereocenters. The number of allylic oxidation sites excluding steroid dienone is 2. The van der Waals surface area contributed by atoms with E-state index in [-0.39, 0.29) is 73.6 Å². The Labute approximate surface area is 287 Å². The van der Waals surface area contributed by atoms with Gasteiger partial charge in [0.05, 0.1) is 29.4 Å². The maximum absolute atomic E-state index is 13.4. The van der Waals surface area contributed by atoms with Crippen LogP contribution in [0.15, 0.2) is 73.4 Å². The molecule has 0 fully saturated rings. The number of carbonyl (C=O) groups excluding carboxylic acids is 1. The molecule has 0 spiro atoms. The summed E-state index contributed by atoms with van der Waals surface area (Å²) in [5, 5.41) is 9.28. The predicted molar refractivity (Wildman–Crippen MR) is 162 cm³/mol. The van der Waals surface area contributed by atoms with Crippen LogP contribution in [0.4, 0.5) is 17.6 Å². The van der Waals surface area contributed by atoms with E-state index in [0.717, 1.165) is 35.4 Å². The largest absolute Gasteiger partial charge is 1.00 e. The van der Waals surface area contributed by atoms with Crippen LogP contribution in [-0.4, -0.2) is 48.2 Å². The fourth-order valence-corrected chi connectivity index (χ4v) is 3.90. The van der Waals surface area contributed by atoms with E-state index >= 15 is 0 Å². The number of esters is 1. The van der Waals surface area contributed by atoms with E-state index in [1.165, 1.54) is 33.9 Å². The van der Waals surface area contributed by atoms with Crippen molar-refractivity contribution in [2.24, 2.45) is 0 Å². The van der Waals surface area contributed by atoms with Crippen LogP contribution in [0.25, 0.3) is 11.4 Å². The minimum Gasteiger partial charge on any atom is -0.870 e. The summed E-state index contributed by atoms with van der Waals surface area (Å²) in [5.74, 6) is -5.75. The minimum absolute atomic E-state index is 0. The first-order chi connectivity index (χ1) is 19.8. The molecule has 0 aliphatic carbocycles. The van der Waals surface area contributed by atoms with Crippen molar-refractivity contribution in [2.45, 2.75) is 48.5 Å². The molecular weight excluding hydrogens is 619 g/mol. The Kier molecular flexibility index (Phi) is 18.7. The van der Waals surface area contributed by atoms with E-state index < -0.39 is 35.2 Å². The normalized spacial score (nSPS) is 9.63. The number of benzene rings is 2. The average molecular weight is 657 g/mol. The van der Waals surface area contributed by atoms with Crippen molar-refractivity contribution in [3.8, 4) is 11.4 Å². The van der Waals surface area contributed by atoms with Crippen LogP contribution in [-0.2, 0) is 17.6 Å². The van der Waals surface area contributed by atoms with Crippen molar-refractivity contribution in [3.63, 3.8) is 0 Å². The monoisotopic (exact) mass is 656 g/mol. The van der Waals surface area contributed by atoms with Crippen molar-refractivity contribution in [3.05, 3.63) is 119 Å². The van der Waals surface area contributed by atoms with Gasteiger partial charge in [-0.25, -0.2) is 37.1 Å². The molecule has 0 atom stereocenters. The second kappa shape index (κ2) is 19.5. The third kappa shape index (κ3) is 10.8. The molecule has 2 aromatic heterocycles. The summed E-state index contributed by atoms with van der Waals surface area (Å²) in [4.78, 5) is 31.7. The summed E-state index contributed by atoms with van der Waals surface area (Å²) < 4.78 is 60.3. The quantitative estimate of drug-likeness (QED) is 0.122. The first-order valence-electron chi connectivity index (χ1n) is 12.6. The maximum Gasteiger partial charge on any atom is 1.00 e. The zero-order valence-corrected chi connectivity index (χ0v) is 26.6. The summed E-state index contributed by atoms with van der Waals surface area (Å²) in [6, 6.07) is 6.52. The number of ether oxygens (including phenoxy) is 1. The molecule has 14 heteroatoms. The summed E-state index contributed by atoms with van der Waals surface area (Å²) >= 11 is 0. The molecular formula is C32H37F4N4NaO5. The maximum atomic E-state index is 13.4. The van der Waals surface area contributed by atoms with Crippen LogP contribution in [0.1, 0.15) is 68.0 Å². The van der Waals surface area contributed by atoms with E-state index in [9.17, 15) is 32.3 Å². The third-order valence-corrected chi connectivity index (χ3v) is 5.66. The molecule has 0 saturated carbocycles. The molecule has 4 aromatic rings. The first-order valence-corrected chi connectivity index (χ1v) is 12.6. The number of carboxylic acids is 1. The summed E-state index contributed by atoms with van der Waals surface area (Å²) in [6.45, 7) is 13.0. The zero-order chi connectivity index (χ0) is 31.1. The molecule has 244 valence electrons.